The third-order valence-electron chi connectivity index (χ3n) is 3.61. The Morgan fingerprint density at radius 2 is 2.12 bits per heavy atom. The second kappa shape index (κ2) is 7.83. The molecule has 1 amide bonds. The predicted octanol–water partition coefficient (Wildman–Crippen LogP) is 5.12. The normalized spacial score (nSPS) is 20.8. The van der Waals surface area contributed by atoms with Gasteiger partial charge in [0.05, 0.1) is 15.6 Å². The molecule has 0 atom stereocenters. The number of halogens is 1. The number of carbonyl (C=O) groups is 1. The molecule has 1 aromatic carbocycles. The molecule has 7 heteroatoms. The number of allylic oxidation sites excluding steroid dienone is 4. The zero-order valence-corrected chi connectivity index (χ0v) is 16.6. The molecule has 2 heterocycles. The van der Waals surface area contributed by atoms with Crippen molar-refractivity contribution in [2.24, 2.45) is 0 Å². The highest BCUT2D eigenvalue weighted by atomic mass is 35.5. The second-order valence-electron chi connectivity index (χ2n) is 5.27. The zero-order chi connectivity index (χ0) is 18.0. The van der Waals surface area contributed by atoms with Crippen molar-refractivity contribution in [2.45, 2.75) is 4.90 Å². The van der Waals surface area contributed by atoms with Crippen molar-refractivity contribution in [1.82, 2.24) is 4.90 Å². The van der Waals surface area contributed by atoms with Gasteiger partial charge < -0.3 is 4.90 Å². The Balaban J connectivity index is 1.76. The number of anilines is 1. The smallest absolute Gasteiger partial charge is 0.266 e. The van der Waals surface area contributed by atoms with Crippen LogP contribution in [0.4, 0.5) is 5.69 Å². The van der Waals surface area contributed by atoms with Crippen LogP contribution in [0.1, 0.15) is 0 Å². The van der Waals surface area contributed by atoms with E-state index in [9.17, 15) is 4.79 Å². The SMILES string of the molecule is C=CCN1C(=O)\C(=C/C(Cl)=C/C=C2\Sc3ccccc3N2C)SC1=S. The molecule has 1 saturated heterocycles. The fourth-order valence-corrected chi connectivity index (χ4v) is 4.93. The van der Waals surface area contributed by atoms with Crippen LogP contribution < -0.4 is 4.90 Å². The molecule has 2 aliphatic heterocycles. The van der Waals surface area contributed by atoms with Crippen molar-refractivity contribution in [3.63, 3.8) is 0 Å². The van der Waals surface area contributed by atoms with Crippen LogP contribution in [0.2, 0.25) is 0 Å². The van der Waals surface area contributed by atoms with Crippen molar-refractivity contribution in [2.75, 3.05) is 18.5 Å². The first kappa shape index (κ1) is 18.3. The van der Waals surface area contributed by atoms with Gasteiger partial charge in [0, 0.05) is 23.5 Å². The molecular formula is C18H15ClN2OS3. The van der Waals surface area contributed by atoms with Gasteiger partial charge in [-0.3, -0.25) is 9.69 Å². The summed E-state index contributed by atoms with van der Waals surface area (Å²) in [5.74, 6) is -0.131. The van der Waals surface area contributed by atoms with Gasteiger partial charge in [0.15, 0.2) is 0 Å². The first-order chi connectivity index (χ1) is 12.0. The number of benzene rings is 1. The Kier molecular flexibility index (Phi) is 5.74. The summed E-state index contributed by atoms with van der Waals surface area (Å²) in [6, 6.07) is 8.22. The minimum absolute atomic E-state index is 0.131. The summed E-state index contributed by atoms with van der Waals surface area (Å²) < 4.78 is 0.528. The van der Waals surface area contributed by atoms with Gasteiger partial charge in [0.1, 0.15) is 4.32 Å². The van der Waals surface area contributed by atoms with Gasteiger partial charge in [-0.2, -0.15) is 0 Å². The Bertz CT molecular complexity index is 844. The maximum Gasteiger partial charge on any atom is 0.266 e. The van der Waals surface area contributed by atoms with Crippen LogP contribution in [0, 0.1) is 0 Å². The van der Waals surface area contributed by atoms with Gasteiger partial charge >= 0.3 is 0 Å². The molecule has 0 radical (unpaired) electrons. The fourth-order valence-electron chi connectivity index (χ4n) is 2.38. The zero-order valence-electron chi connectivity index (χ0n) is 13.4. The van der Waals surface area contributed by atoms with Crippen molar-refractivity contribution in [1.29, 1.82) is 0 Å². The molecule has 128 valence electrons. The second-order valence-corrected chi connectivity index (χ2v) is 8.44. The molecule has 25 heavy (non-hydrogen) atoms. The van der Waals surface area contributed by atoms with Crippen LogP contribution >= 0.6 is 47.3 Å². The average molecular weight is 407 g/mol. The molecule has 0 N–H and O–H groups in total. The Morgan fingerprint density at radius 3 is 2.84 bits per heavy atom. The number of para-hydroxylation sites is 1. The van der Waals surface area contributed by atoms with Gasteiger partial charge in [0.2, 0.25) is 0 Å². The summed E-state index contributed by atoms with van der Waals surface area (Å²) in [4.78, 5) is 17.7. The van der Waals surface area contributed by atoms with Crippen molar-refractivity contribution in [3.8, 4) is 0 Å². The Morgan fingerprint density at radius 1 is 1.36 bits per heavy atom. The molecule has 1 aromatic rings. The van der Waals surface area contributed by atoms with E-state index in [4.69, 9.17) is 23.8 Å². The number of nitrogens with zero attached hydrogens (tertiary/aromatic N) is 2. The summed E-state index contributed by atoms with van der Waals surface area (Å²) in [5.41, 5.74) is 1.17. The van der Waals surface area contributed by atoms with Gasteiger partial charge in [-0.25, -0.2) is 0 Å². The molecule has 0 spiro atoms. The fraction of sp³-hybridized carbons (Fsp3) is 0.111. The van der Waals surface area contributed by atoms with Crippen LogP contribution in [0.3, 0.4) is 0 Å². The van der Waals surface area contributed by atoms with E-state index >= 15 is 0 Å². The van der Waals surface area contributed by atoms with Gasteiger partial charge in [-0.05, 0) is 30.4 Å². The van der Waals surface area contributed by atoms with E-state index in [2.05, 4.69) is 23.6 Å². The van der Waals surface area contributed by atoms with Crippen LogP contribution in [0.15, 0.2) is 75.0 Å². The lowest BCUT2D eigenvalue weighted by molar-refractivity contribution is -0.121. The van der Waals surface area contributed by atoms with Crippen LogP contribution in [0.25, 0.3) is 0 Å². The lowest BCUT2D eigenvalue weighted by atomic mass is 10.3. The van der Waals surface area contributed by atoms with E-state index < -0.39 is 0 Å². The lowest BCUT2D eigenvalue weighted by Gasteiger charge is -2.12. The number of fused-ring (bicyclic) bond motifs is 1. The highest BCUT2D eigenvalue weighted by Crippen LogP contribution is 2.44. The van der Waals surface area contributed by atoms with E-state index in [0.717, 1.165) is 5.03 Å². The lowest BCUT2D eigenvalue weighted by Crippen LogP contribution is -2.27. The Hall–Kier alpha value is -1.47. The number of carbonyl (C=O) groups excluding carboxylic acids is 1. The van der Waals surface area contributed by atoms with E-state index in [1.165, 1.54) is 27.2 Å². The number of thiocarbonyl (C=S) groups is 1. The quantitative estimate of drug-likeness (QED) is 0.392. The number of hydrogen-bond acceptors (Lipinski definition) is 5. The molecule has 1 fully saturated rings. The average Bonchev–Trinajstić information content (AvgIpc) is 3.05. The summed E-state index contributed by atoms with van der Waals surface area (Å²) in [7, 11) is 2.02. The van der Waals surface area contributed by atoms with Crippen LogP contribution in [-0.2, 0) is 4.79 Å². The summed E-state index contributed by atoms with van der Waals surface area (Å²) in [6.45, 7) is 4.05. The molecule has 0 unspecified atom stereocenters. The van der Waals surface area contributed by atoms with E-state index in [-0.39, 0.29) is 5.91 Å². The molecule has 0 aromatic heterocycles. The van der Waals surface area contributed by atoms with E-state index in [1.54, 1.807) is 30.0 Å². The maximum atomic E-state index is 12.3. The van der Waals surface area contributed by atoms with Crippen molar-refractivity contribution >= 4 is 63.3 Å². The van der Waals surface area contributed by atoms with Gasteiger partial charge in [-0.1, -0.05) is 65.6 Å². The van der Waals surface area contributed by atoms with Gasteiger partial charge in [-0.15, -0.1) is 6.58 Å². The highest BCUT2D eigenvalue weighted by Gasteiger charge is 2.31. The summed E-state index contributed by atoms with van der Waals surface area (Å²) in [5, 5.41) is 1.56. The van der Waals surface area contributed by atoms with Crippen molar-refractivity contribution in [3.05, 3.63) is 70.1 Å². The third-order valence-corrected chi connectivity index (χ3v) is 6.41. The van der Waals surface area contributed by atoms with Crippen molar-refractivity contribution < 1.29 is 4.79 Å². The first-order valence-corrected chi connectivity index (χ1v) is 9.87. The molecule has 3 rings (SSSR count). The van der Waals surface area contributed by atoms with E-state index in [0.29, 0.717) is 20.8 Å². The molecule has 0 aliphatic carbocycles. The predicted molar refractivity (Wildman–Crippen MR) is 113 cm³/mol. The summed E-state index contributed by atoms with van der Waals surface area (Å²) >= 11 is 14.5. The maximum absolute atomic E-state index is 12.3. The van der Waals surface area contributed by atoms with Gasteiger partial charge in [0.25, 0.3) is 5.91 Å². The minimum atomic E-state index is -0.131. The third kappa shape index (κ3) is 3.87. The van der Waals surface area contributed by atoms with Crippen LogP contribution in [0.5, 0.6) is 0 Å². The number of hydrogen-bond donors (Lipinski definition) is 0. The van der Waals surface area contributed by atoms with Crippen LogP contribution in [-0.4, -0.2) is 28.7 Å². The first-order valence-electron chi connectivity index (χ1n) is 7.45. The summed E-state index contributed by atoms with van der Waals surface area (Å²) in [6.07, 6.45) is 7.06. The molecular weight excluding hydrogens is 392 g/mol. The highest BCUT2D eigenvalue weighted by molar-refractivity contribution is 8.26. The molecule has 3 nitrogen and oxygen atoms in total. The Labute approximate surface area is 166 Å². The minimum Gasteiger partial charge on any atom is -0.338 e. The molecule has 0 bridgehead atoms. The number of thioether (sulfide) groups is 2. The van der Waals surface area contributed by atoms with E-state index in [1.807, 2.05) is 25.3 Å². The monoisotopic (exact) mass is 406 g/mol. The molecule has 0 saturated carbocycles. The number of rotatable bonds is 4. The number of amides is 1. The topological polar surface area (TPSA) is 23.6 Å². The largest absolute Gasteiger partial charge is 0.338 e. The molecule has 2 aliphatic rings. The standard InChI is InChI=1S/C18H15ClN2OS3/c1-3-10-21-17(22)15(25-18(21)23)11-12(19)8-9-16-20(2)13-6-4-5-7-14(13)24-16/h3-9,11H,1,10H2,2H3/b12-8-,15-11+,16-9-.